The van der Waals surface area contributed by atoms with Gasteiger partial charge in [0, 0.05) is 0 Å². The van der Waals surface area contributed by atoms with E-state index in [0.717, 1.165) is 0 Å². The third-order valence-electron chi connectivity index (χ3n) is 1.90. The first-order valence-electron chi connectivity index (χ1n) is 4.08. The molecular formula is C7H17NO2P+. The molecule has 0 radical (unpaired) electrons. The smallest absolute Gasteiger partial charge is 0.304 e. The minimum Gasteiger partial charge on any atom is -0.304 e. The molecule has 0 bridgehead atoms. The fourth-order valence-corrected chi connectivity index (χ4v) is 1.28. The summed E-state index contributed by atoms with van der Waals surface area (Å²) in [5, 5.41) is 0. The van der Waals surface area contributed by atoms with E-state index < -0.39 is 8.69 Å². The lowest BCUT2D eigenvalue weighted by atomic mass is 10.1. The maximum Gasteiger partial charge on any atom is 0.491 e. The minimum absolute atomic E-state index is 1.17. The van der Waals surface area contributed by atoms with Gasteiger partial charge in [0.05, 0.1) is 0 Å². The van der Waals surface area contributed by atoms with Crippen LogP contribution >= 0.6 is 8.69 Å². The van der Waals surface area contributed by atoms with Crippen LogP contribution in [0.1, 0.15) is 26.2 Å². The highest BCUT2D eigenvalue weighted by atomic mass is 31.1. The van der Waals surface area contributed by atoms with E-state index in [1.54, 1.807) is 0 Å². The molecule has 0 aromatic carbocycles. The molecule has 1 N–H and O–H groups in total. The van der Waals surface area contributed by atoms with Gasteiger partial charge in [-0.3, -0.25) is 0 Å². The molecular weight excluding hydrogens is 161 g/mol. The molecule has 1 aliphatic heterocycles. The Morgan fingerprint density at radius 3 is 2.09 bits per heavy atom. The van der Waals surface area contributed by atoms with Crippen molar-refractivity contribution in [3.63, 3.8) is 0 Å². The van der Waals surface area contributed by atoms with E-state index >= 15 is 0 Å². The average molecular weight is 178 g/mol. The molecule has 0 saturated carbocycles. The summed E-state index contributed by atoms with van der Waals surface area (Å²) in [5.41, 5.74) is 0. The Morgan fingerprint density at radius 1 is 1.36 bits per heavy atom. The Labute approximate surface area is 69.7 Å². The zero-order valence-electron chi connectivity index (χ0n) is 7.05. The Morgan fingerprint density at radius 2 is 1.82 bits per heavy atom. The van der Waals surface area contributed by atoms with Crippen LogP contribution in [-0.2, 0) is 4.57 Å². The molecule has 0 aromatic rings. The topological polar surface area (TPSA) is 40.5 Å². The summed E-state index contributed by atoms with van der Waals surface area (Å²) in [6, 6.07) is 0. The van der Waals surface area contributed by atoms with E-state index in [1.807, 2.05) is 0 Å². The Kier molecular flexibility index (Phi) is 8.13. The van der Waals surface area contributed by atoms with Crippen molar-refractivity contribution >= 4 is 8.69 Å². The Bertz CT molecular complexity index is 94.4. The third-order valence-corrected chi connectivity index (χ3v) is 1.90. The molecule has 0 aliphatic carbocycles. The van der Waals surface area contributed by atoms with Crippen molar-refractivity contribution in [1.82, 2.24) is 4.90 Å². The predicted octanol–water partition coefficient (Wildman–Crippen LogP) is 1.41. The molecule has 1 heterocycles. The second kappa shape index (κ2) is 8.12. The molecule has 4 heteroatoms. The second-order valence-corrected chi connectivity index (χ2v) is 2.77. The van der Waals surface area contributed by atoms with Crippen molar-refractivity contribution in [2.45, 2.75) is 26.2 Å². The number of likely N-dealkylation sites (tertiary alicyclic amines) is 1. The van der Waals surface area contributed by atoms with Gasteiger partial charge in [-0.15, -0.1) is 0 Å². The molecule has 1 rings (SSSR count). The van der Waals surface area contributed by atoms with Crippen LogP contribution in [0.25, 0.3) is 0 Å². The van der Waals surface area contributed by atoms with Gasteiger partial charge in [0.1, 0.15) is 0 Å². The Hall–Kier alpha value is 0.0200. The van der Waals surface area contributed by atoms with Gasteiger partial charge in [-0.2, -0.15) is 4.89 Å². The van der Waals surface area contributed by atoms with E-state index in [4.69, 9.17) is 9.46 Å². The first kappa shape index (κ1) is 11.0. The largest absolute Gasteiger partial charge is 0.491 e. The molecule has 66 valence electrons. The minimum atomic E-state index is -1.17. The Balaban J connectivity index is 0.000000292. The highest BCUT2D eigenvalue weighted by Gasteiger charge is 2.05. The fraction of sp³-hybridized carbons (Fsp3) is 1.00. The quantitative estimate of drug-likeness (QED) is 0.617. The first-order valence-corrected chi connectivity index (χ1v) is 4.94. The van der Waals surface area contributed by atoms with Crippen LogP contribution in [0.2, 0.25) is 0 Å². The molecule has 1 saturated heterocycles. The van der Waals surface area contributed by atoms with Crippen molar-refractivity contribution in [1.29, 1.82) is 0 Å². The van der Waals surface area contributed by atoms with E-state index in [9.17, 15) is 0 Å². The highest BCUT2D eigenvalue weighted by Crippen LogP contribution is 2.06. The van der Waals surface area contributed by atoms with Crippen LogP contribution in [0, 0.1) is 0 Å². The van der Waals surface area contributed by atoms with E-state index in [0.29, 0.717) is 0 Å². The predicted molar refractivity (Wildman–Crippen MR) is 47.2 cm³/mol. The maximum absolute atomic E-state index is 8.51. The lowest BCUT2D eigenvalue weighted by Crippen LogP contribution is -2.29. The molecule has 1 unspecified atom stereocenters. The van der Waals surface area contributed by atoms with Gasteiger partial charge in [0.25, 0.3) is 0 Å². The average Bonchev–Trinajstić information content (AvgIpc) is 2.08. The summed E-state index contributed by atoms with van der Waals surface area (Å²) in [6.45, 7) is 6.18. The summed E-state index contributed by atoms with van der Waals surface area (Å²) >= 11 is 0. The van der Waals surface area contributed by atoms with E-state index in [-0.39, 0.29) is 0 Å². The number of rotatable bonds is 1. The zero-order chi connectivity index (χ0) is 8.53. The second-order valence-electron chi connectivity index (χ2n) is 2.59. The van der Waals surface area contributed by atoms with Crippen LogP contribution in [-0.4, -0.2) is 29.4 Å². The van der Waals surface area contributed by atoms with Crippen LogP contribution in [0.15, 0.2) is 0 Å². The monoisotopic (exact) mass is 178 g/mol. The number of nitrogens with zero attached hydrogens (tertiary/aromatic N) is 1. The standard InChI is InChI=1S/C7H15N.HO2P/c1-2-8-6-4-3-5-7-8;1-3-2/h2-7H2,1H3;3H/p+1. The molecule has 11 heavy (non-hydrogen) atoms. The molecule has 1 fully saturated rings. The lowest BCUT2D eigenvalue weighted by molar-refractivity contribution is 0.240. The van der Waals surface area contributed by atoms with Crippen LogP contribution in [0.4, 0.5) is 0 Å². The van der Waals surface area contributed by atoms with Gasteiger partial charge >= 0.3 is 8.69 Å². The van der Waals surface area contributed by atoms with Crippen molar-refractivity contribution < 1.29 is 9.46 Å². The van der Waals surface area contributed by atoms with Gasteiger partial charge < -0.3 is 4.90 Å². The molecule has 0 spiro atoms. The summed E-state index contributed by atoms with van der Waals surface area (Å²) < 4.78 is 8.51. The molecule has 3 nitrogen and oxygen atoms in total. The summed E-state index contributed by atoms with van der Waals surface area (Å²) in [5.74, 6) is 0. The van der Waals surface area contributed by atoms with Gasteiger partial charge in [-0.25, -0.2) is 0 Å². The van der Waals surface area contributed by atoms with Crippen molar-refractivity contribution in [2.75, 3.05) is 19.6 Å². The SMILES string of the molecule is CCN1CCCCC1.O=[PH+]O. The number of piperidine rings is 1. The lowest BCUT2D eigenvalue weighted by Gasteiger charge is -2.24. The molecule has 1 atom stereocenters. The van der Waals surface area contributed by atoms with E-state index in [2.05, 4.69) is 11.8 Å². The maximum atomic E-state index is 8.51. The fourth-order valence-electron chi connectivity index (χ4n) is 1.28. The van der Waals surface area contributed by atoms with Crippen LogP contribution < -0.4 is 0 Å². The summed E-state index contributed by atoms with van der Waals surface area (Å²) in [6.07, 6.45) is 4.30. The number of hydrogen-bond acceptors (Lipinski definition) is 2. The van der Waals surface area contributed by atoms with Gasteiger partial charge in [0.2, 0.25) is 0 Å². The summed E-state index contributed by atoms with van der Waals surface area (Å²) in [7, 11) is -1.17. The molecule has 0 aromatic heterocycles. The van der Waals surface area contributed by atoms with E-state index in [1.165, 1.54) is 38.9 Å². The zero-order valence-corrected chi connectivity index (χ0v) is 8.05. The van der Waals surface area contributed by atoms with Crippen molar-refractivity contribution in [2.24, 2.45) is 0 Å². The van der Waals surface area contributed by atoms with Crippen LogP contribution in [0.5, 0.6) is 0 Å². The van der Waals surface area contributed by atoms with Crippen molar-refractivity contribution in [3.8, 4) is 0 Å². The first-order chi connectivity index (χ1) is 5.35. The van der Waals surface area contributed by atoms with Gasteiger partial charge in [-0.1, -0.05) is 13.3 Å². The van der Waals surface area contributed by atoms with Gasteiger partial charge in [0.15, 0.2) is 0 Å². The molecule has 1 aliphatic rings. The van der Waals surface area contributed by atoms with Gasteiger partial charge in [-0.05, 0) is 37.0 Å². The normalized spacial score (nSPS) is 19.1. The number of hydrogen-bond donors (Lipinski definition) is 1. The molecule has 0 amide bonds. The van der Waals surface area contributed by atoms with Crippen molar-refractivity contribution in [3.05, 3.63) is 0 Å². The highest BCUT2D eigenvalue weighted by molar-refractivity contribution is 7.16. The van der Waals surface area contributed by atoms with Crippen LogP contribution in [0.3, 0.4) is 0 Å². The third kappa shape index (κ3) is 6.42. The summed E-state index contributed by atoms with van der Waals surface area (Å²) in [4.78, 5) is 9.56.